The Labute approximate surface area is 314 Å². The zero-order valence-corrected chi connectivity index (χ0v) is 29.9. The summed E-state index contributed by atoms with van der Waals surface area (Å²) in [6.07, 6.45) is 0. The lowest BCUT2D eigenvalue weighted by Gasteiger charge is -2.11. The van der Waals surface area contributed by atoms with Crippen LogP contribution >= 0.6 is 11.3 Å². The predicted octanol–water partition coefficient (Wildman–Crippen LogP) is 14.5. The maximum absolute atomic E-state index is 5.43. The van der Waals surface area contributed by atoms with E-state index in [0.717, 1.165) is 27.9 Å². The molecule has 250 valence electrons. The summed E-state index contributed by atoms with van der Waals surface area (Å²) < 4.78 is 4.91. The first-order valence-electron chi connectivity index (χ1n) is 18.4. The number of hydrogen-bond donors (Lipinski definition) is 0. The lowest BCUT2D eigenvalue weighted by atomic mass is 9.96. The highest BCUT2D eigenvalue weighted by atomic mass is 32.1. The second-order valence-electron chi connectivity index (χ2n) is 14.4. The lowest BCUT2D eigenvalue weighted by Crippen LogP contribution is -1.93. The van der Waals surface area contributed by atoms with Crippen molar-refractivity contribution in [3.63, 3.8) is 0 Å². The van der Waals surface area contributed by atoms with Gasteiger partial charge < -0.3 is 0 Å². The first kappa shape index (κ1) is 29.7. The van der Waals surface area contributed by atoms with E-state index in [4.69, 9.17) is 4.98 Å². The van der Waals surface area contributed by atoms with Crippen LogP contribution in [0.4, 0.5) is 0 Å². The largest absolute Gasteiger partial charge is 0.291 e. The minimum absolute atomic E-state index is 1.01. The number of pyridine rings is 1. The fourth-order valence-corrected chi connectivity index (χ4v) is 9.85. The molecular formula is C51H30N2S. The van der Waals surface area contributed by atoms with Gasteiger partial charge in [-0.3, -0.25) is 4.40 Å². The van der Waals surface area contributed by atoms with E-state index >= 15 is 0 Å². The highest BCUT2D eigenvalue weighted by Gasteiger charge is 2.20. The molecule has 3 heteroatoms. The number of thiophene rings is 1. The van der Waals surface area contributed by atoms with Gasteiger partial charge in [0.2, 0.25) is 0 Å². The van der Waals surface area contributed by atoms with Crippen molar-refractivity contribution in [2.24, 2.45) is 0 Å². The Morgan fingerprint density at radius 3 is 1.74 bits per heavy atom. The molecule has 0 fully saturated rings. The summed E-state index contributed by atoms with van der Waals surface area (Å²) in [5.74, 6) is 0. The molecule has 0 saturated heterocycles. The van der Waals surface area contributed by atoms with Gasteiger partial charge in [-0.25, -0.2) is 4.98 Å². The highest BCUT2D eigenvalue weighted by Crippen LogP contribution is 2.44. The molecule has 0 spiro atoms. The number of fused-ring (bicyclic) bond motifs is 12. The molecule has 54 heavy (non-hydrogen) atoms. The Balaban J connectivity index is 1.06. The maximum atomic E-state index is 5.43. The molecule has 0 radical (unpaired) electrons. The molecule has 2 nitrogen and oxygen atoms in total. The second kappa shape index (κ2) is 11.3. The molecule has 0 saturated carbocycles. The van der Waals surface area contributed by atoms with E-state index in [0.29, 0.717) is 0 Å². The summed E-state index contributed by atoms with van der Waals surface area (Å²) in [6.45, 7) is 0. The third-order valence-corrected chi connectivity index (χ3v) is 12.5. The van der Waals surface area contributed by atoms with Crippen LogP contribution in [0.2, 0.25) is 0 Å². The Bertz CT molecular complexity index is 3470. The van der Waals surface area contributed by atoms with Crippen LogP contribution in [-0.2, 0) is 0 Å². The highest BCUT2D eigenvalue weighted by molar-refractivity contribution is 7.26. The van der Waals surface area contributed by atoms with Gasteiger partial charge in [0.1, 0.15) is 0 Å². The van der Waals surface area contributed by atoms with Crippen LogP contribution in [0.25, 0.3) is 113 Å². The monoisotopic (exact) mass is 702 g/mol. The smallest absolute Gasteiger partial charge is 0.156 e. The Morgan fingerprint density at radius 1 is 0.407 bits per heavy atom. The zero-order chi connectivity index (χ0) is 35.3. The van der Waals surface area contributed by atoms with Gasteiger partial charge in [0.05, 0.1) is 21.4 Å². The van der Waals surface area contributed by atoms with Gasteiger partial charge in [-0.15, -0.1) is 11.3 Å². The van der Waals surface area contributed by atoms with Crippen LogP contribution in [0.1, 0.15) is 0 Å². The standard InChI is InChI=1S/C51H30N2S/c1-2-11-38-27-40-29-47-45(28-39(40)26-37(38)10-1)52-51-50-44(49-43-14-6-4-9-34(43)24-25-48(49)54-50)30-46(53(47)51)36-22-18-32(19-23-36)31-16-20-35(21-17-31)42-15-7-12-33-8-3-5-13-41(33)42/h1-30H. The summed E-state index contributed by atoms with van der Waals surface area (Å²) in [7, 11) is 0. The summed E-state index contributed by atoms with van der Waals surface area (Å²) >= 11 is 1.85. The molecule has 0 amide bonds. The first-order chi connectivity index (χ1) is 26.7. The second-order valence-corrected chi connectivity index (χ2v) is 15.4. The maximum Gasteiger partial charge on any atom is 0.156 e. The summed E-state index contributed by atoms with van der Waals surface area (Å²) in [5.41, 5.74) is 10.3. The van der Waals surface area contributed by atoms with Gasteiger partial charge in [-0.1, -0.05) is 146 Å². The zero-order valence-electron chi connectivity index (χ0n) is 29.1. The van der Waals surface area contributed by atoms with Gasteiger partial charge in [-0.05, 0) is 107 Å². The minimum atomic E-state index is 1.01. The SMILES string of the molecule is c1ccc2cc3cc4c(cc3cc2c1)nc1c2sc3ccc5ccccc5c3c2cc(-c2ccc(-c3ccc(-c5cccc6ccccc56)cc3)cc2)n41. The van der Waals surface area contributed by atoms with Gasteiger partial charge in [-0.2, -0.15) is 0 Å². The van der Waals surface area contributed by atoms with Crippen LogP contribution in [0.15, 0.2) is 182 Å². The van der Waals surface area contributed by atoms with Crippen molar-refractivity contribution in [2.45, 2.75) is 0 Å². The fraction of sp³-hybridized carbons (Fsp3) is 0. The Kier molecular flexibility index (Phi) is 6.25. The Morgan fingerprint density at radius 2 is 1.00 bits per heavy atom. The molecule has 3 heterocycles. The van der Waals surface area contributed by atoms with E-state index in [9.17, 15) is 0 Å². The summed E-state index contributed by atoms with van der Waals surface area (Å²) in [4.78, 5) is 5.43. The third kappa shape index (κ3) is 4.43. The molecule has 0 aliphatic rings. The molecule has 0 aliphatic carbocycles. The number of hydrogen-bond acceptors (Lipinski definition) is 2. The molecule has 3 aromatic heterocycles. The van der Waals surface area contributed by atoms with Crippen molar-refractivity contribution in [1.29, 1.82) is 0 Å². The number of aromatic nitrogens is 2. The Hall–Kier alpha value is -6.81. The molecule has 0 unspecified atom stereocenters. The van der Waals surface area contributed by atoms with Crippen molar-refractivity contribution in [2.75, 3.05) is 0 Å². The fourth-order valence-electron chi connectivity index (χ4n) is 8.67. The molecular weight excluding hydrogens is 673 g/mol. The lowest BCUT2D eigenvalue weighted by molar-refractivity contribution is 1.25. The van der Waals surface area contributed by atoms with E-state index in [-0.39, 0.29) is 0 Å². The summed E-state index contributed by atoms with van der Waals surface area (Å²) in [6, 6.07) is 66.7. The van der Waals surface area contributed by atoms with Crippen molar-refractivity contribution in [1.82, 2.24) is 9.38 Å². The molecule has 12 aromatic rings. The van der Waals surface area contributed by atoms with Gasteiger partial charge >= 0.3 is 0 Å². The summed E-state index contributed by atoms with van der Waals surface area (Å²) in [5, 5.41) is 12.6. The van der Waals surface area contributed by atoms with E-state index in [1.807, 2.05) is 11.3 Å². The van der Waals surface area contributed by atoms with Gasteiger partial charge in [0.15, 0.2) is 5.65 Å². The number of rotatable bonds is 3. The van der Waals surface area contributed by atoms with Crippen molar-refractivity contribution >= 4 is 91.3 Å². The molecule has 0 atom stereocenters. The molecule has 12 rings (SSSR count). The molecule has 0 aliphatic heterocycles. The van der Waals surface area contributed by atoms with E-state index in [1.54, 1.807) is 0 Å². The van der Waals surface area contributed by atoms with E-state index < -0.39 is 0 Å². The van der Waals surface area contributed by atoms with Crippen LogP contribution in [0, 0.1) is 0 Å². The van der Waals surface area contributed by atoms with Crippen molar-refractivity contribution < 1.29 is 0 Å². The first-order valence-corrected chi connectivity index (χ1v) is 19.3. The molecule has 0 N–H and O–H groups in total. The average Bonchev–Trinajstić information content (AvgIpc) is 3.80. The third-order valence-electron chi connectivity index (χ3n) is 11.3. The molecule has 0 bridgehead atoms. The average molecular weight is 703 g/mol. The van der Waals surface area contributed by atoms with Crippen molar-refractivity contribution in [3.05, 3.63) is 182 Å². The van der Waals surface area contributed by atoms with E-state index in [1.165, 1.54) is 85.5 Å². The van der Waals surface area contributed by atoms with Gasteiger partial charge in [0.25, 0.3) is 0 Å². The minimum Gasteiger partial charge on any atom is -0.291 e. The normalized spacial score (nSPS) is 12.1. The number of nitrogens with zero attached hydrogens (tertiary/aromatic N) is 2. The predicted molar refractivity (Wildman–Crippen MR) is 232 cm³/mol. The topological polar surface area (TPSA) is 17.3 Å². The molecule has 9 aromatic carbocycles. The van der Waals surface area contributed by atoms with Crippen LogP contribution in [0.5, 0.6) is 0 Å². The number of benzene rings is 9. The number of imidazole rings is 1. The quantitative estimate of drug-likeness (QED) is 0.168. The van der Waals surface area contributed by atoms with E-state index in [2.05, 4.69) is 186 Å². The van der Waals surface area contributed by atoms with Crippen LogP contribution in [0.3, 0.4) is 0 Å². The van der Waals surface area contributed by atoms with Crippen molar-refractivity contribution in [3.8, 4) is 33.5 Å². The van der Waals surface area contributed by atoms with Crippen LogP contribution in [-0.4, -0.2) is 9.38 Å². The van der Waals surface area contributed by atoms with Crippen LogP contribution < -0.4 is 0 Å². The van der Waals surface area contributed by atoms with Gasteiger partial charge in [0, 0.05) is 15.5 Å².